The fourth-order valence-electron chi connectivity index (χ4n) is 3.04. The molecule has 1 nitrogen and oxygen atoms in total. The smallest absolute Gasteiger partial charge is 0.0704 e. The predicted molar refractivity (Wildman–Crippen MR) is 75.1 cm³/mol. The van der Waals surface area contributed by atoms with E-state index in [1.165, 1.54) is 33.5 Å². The van der Waals surface area contributed by atoms with Crippen molar-refractivity contribution in [1.82, 2.24) is 5.32 Å². The van der Waals surface area contributed by atoms with Crippen LogP contribution in [0.5, 0.6) is 0 Å². The molecule has 0 bridgehead atoms. The van der Waals surface area contributed by atoms with Crippen LogP contribution in [0.25, 0.3) is 0 Å². The lowest BCUT2D eigenvalue weighted by Gasteiger charge is -2.26. The van der Waals surface area contributed by atoms with Crippen LogP contribution in [-0.4, -0.2) is 7.05 Å². The van der Waals surface area contributed by atoms with Gasteiger partial charge in [-0.3, -0.25) is 0 Å². The summed E-state index contributed by atoms with van der Waals surface area (Å²) < 4.78 is 1.26. The third-order valence-electron chi connectivity index (χ3n) is 3.93. The molecule has 1 fully saturated rings. The highest BCUT2D eigenvalue weighted by Crippen LogP contribution is 2.42. The number of nitrogens with one attached hydrogen (secondary N) is 1. The van der Waals surface area contributed by atoms with Gasteiger partial charge in [0, 0.05) is 10.9 Å². The monoisotopic (exact) mass is 301 g/mol. The van der Waals surface area contributed by atoms with E-state index >= 15 is 0 Å². The van der Waals surface area contributed by atoms with Crippen LogP contribution in [0, 0.1) is 18.8 Å². The molecule has 0 radical (unpaired) electrons. The van der Waals surface area contributed by atoms with Gasteiger partial charge in [0.05, 0.1) is 3.79 Å². The molecular formula is C13H20BrNS. The predicted octanol–water partition coefficient (Wildman–Crippen LogP) is 4.52. The third kappa shape index (κ3) is 2.36. The van der Waals surface area contributed by atoms with Gasteiger partial charge in [0.2, 0.25) is 0 Å². The van der Waals surface area contributed by atoms with Crippen LogP contribution < -0.4 is 5.32 Å². The van der Waals surface area contributed by atoms with E-state index in [0.717, 1.165) is 11.8 Å². The molecule has 0 aromatic carbocycles. The van der Waals surface area contributed by atoms with Gasteiger partial charge in [-0.1, -0.05) is 19.8 Å². The molecule has 0 amide bonds. The van der Waals surface area contributed by atoms with Crippen molar-refractivity contribution in [2.75, 3.05) is 7.05 Å². The van der Waals surface area contributed by atoms with E-state index in [1.54, 1.807) is 0 Å². The van der Waals surface area contributed by atoms with Crippen molar-refractivity contribution in [3.05, 3.63) is 20.3 Å². The first-order valence-electron chi connectivity index (χ1n) is 6.06. The standard InChI is InChI=1S/C13H20BrNS/c1-8-5-4-6-10(8)13(15-3)11-7-12(14)16-9(11)2/h7-8,10,13,15H,4-6H2,1-3H3. The lowest BCUT2D eigenvalue weighted by atomic mass is 9.86. The summed E-state index contributed by atoms with van der Waals surface area (Å²) in [5.41, 5.74) is 1.50. The molecule has 1 aliphatic carbocycles. The van der Waals surface area contributed by atoms with Crippen molar-refractivity contribution >= 4 is 27.3 Å². The SMILES string of the molecule is CNC(c1cc(Br)sc1C)C1CCCC1C. The molecule has 1 heterocycles. The van der Waals surface area contributed by atoms with Crippen LogP contribution in [-0.2, 0) is 0 Å². The zero-order valence-electron chi connectivity index (χ0n) is 10.2. The van der Waals surface area contributed by atoms with Crippen LogP contribution in [0.15, 0.2) is 9.85 Å². The topological polar surface area (TPSA) is 12.0 Å². The van der Waals surface area contributed by atoms with Crippen molar-refractivity contribution in [2.45, 2.75) is 39.2 Å². The van der Waals surface area contributed by atoms with Gasteiger partial charge in [-0.2, -0.15) is 0 Å². The molecule has 3 heteroatoms. The maximum absolute atomic E-state index is 3.59. The minimum absolute atomic E-state index is 0.542. The second-order valence-electron chi connectivity index (χ2n) is 4.90. The van der Waals surface area contributed by atoms with E-state index < -0.39 is 0 Å². The number of aryl methyl sites for hydroxylation is 1. The van der Waals surface area contributed by atoms with Crippen molar-refractivity contribution in [2.24, 2.45) is 11.8 Å². The first-order valence-corrected chi connectivity index (χ1v) is 7.67. The molecule has 3 unspecified atom stereocenters. The maximum atomic E-state index is 3.59. The molecule has 0 saturated heterocycles. The van der Waals surface area contributed by atoms with E-state index in [2.05, 4.69) is 48.2 Å². The van der Waals surface area contributed by atoms with Crippen LogP contribution in [0.2, 0.25) is 0 Å². The van der Waals surface area contributed by atoms with Crippen LogP contribution in [0.1, 0.15) is 42.7 Å². The van der Waals surface area contributed by atoms with Crippen molar-refractivity contribution in [3.63, 3.8) is 0 Å². The summed E-state index contributed by atoms with van der Waals surface area (Å²) in [7, 11) is 2.10. The van der Waals surface area contributed by atoms with Crippen LogP contribution in [0.4, 0.5) is 0 Å². The van der Waals surface area contributed by atoms with Crippen LogP contribution >= 0.6 is 27.3 Å². The zero-order chi connectivity index (χ0) is 11.7. The highest BCUT2D eigenvalue weighted by molar-refractivity contribution is 9.11. The number of hydrogen-bond donors (Lipinski definition) is 1. The van der Waals surface area contributed by atoms with Gasteiger partial charge < -0.3 is 5.32 Å². The number of hydrogen-bond acceptors (Lipinski definition) is 2. The van der Waals surface area contributed by atoms with Gasteiger partial charge in [-0.15, -0.1) is 11.3 Å². The van der Waals surface area contributed by atoms with E-state index in [0.29, 0.717) is 6.04 Å². The molecule has 90 valence electrons. The maximum Gasteiger partial charge on any atom is 0.0704 e. The van der Waals surface area contributed by atoms with Crippen LogP contribution in [0.3, 0.4) is 0 Å². The van der Waals surface area contributed by atoms with Gasteiger partial charge in [0.1, 0.15) is 0 Å². The Hall–Kier alpha value is 0.140. The zero-order valence-corrected chi connectivity index (χ0v) is 12.6. The van der Waals surface area contributed by atoms with Crippen molar-refractivity contribution in [1.29, 1.82) is 0 Å². The summed E-state index contributed by atoms with van der Waals surface area (Å²) in [6.07, 6.45) is 4.17. The van der Waals surface area contributed by atoms with Crippen molar-refractivity contribution < 1.29 is 0 Å². The Morgan fingerprint density at radius 2 is 2.25 bits per heavy atom. The Morgan fingerprint density at radius 1 is 1.50 bits per heavy atom. The van der Waals surface area contributed by atoms with Gasteiger partial charge in [-0.25, -0.2) is 0 Å². The van der Waals surface area contributed by atoms with Gasteiger partial charge in [-0.05, 0) is 59.8 Å². The summed E-state index contributed by atoms with van der Waals surface area (Å²) in [5, 5.41) is 3.53. The second kappa shape index (κ2) is 5.19. The summed E-state index contributed by atoms with van der Waals surface area (Å²) >= 11 is 5.44. The normalized spacial score (nSPS) is 27.2. The minimum Gasteiger partial charge on any atom is -0.313 e. The molecule has 1 saturated carbocycles. The molecule has 16 heavy (non-hydrogen) atoms. The average molecular weight is 302 g/mol. The Morgan fingerprint density at radius 3 is 2.69 bits per heavy atom. The molecular weight excluding hydrogens is 282 g/mol. The summed E-state index contributed by atoms with van der Waals surface area (Å²) in [4.78, 5) is 1.45. The lowest BCUT2D eigenvalue weighted by molar-refractivity contribution is 0.315. The molecule has 1 N–H and O–H groups in total. The molecule has 1 aliphatic rings. The van der Waals surface area contributed by atoms with E-state index in [9.17, 15) is 0 Å². The summed E-state index contributed by atoms with van der Waals surface area (Å²) in [5.74, 6) is 1.67. The van der Waals surface area contributed by atoms with Gasteiger partial charge >= 0.3 is 0 Å². The molecule has 0 spiro atoms. The largest absolute Gasteiger partial charge is 0.313 e. The Labute approximate surface area is 111 Å². The van der Waals surface area contributed by atoms with E-state index in [-0.39, 0.29) is 0 Å². The third-order valence-corrected chi connectivity index (χ3v) is 5.50. The molecule has 2 rings (SSSR count). The molecule has 0 aliphatic heterocycles. The van der Waals surface area contributed by atoms with Gasteiger partial charge in [0.25, 0.3) is 0 Å². The average Bonchev–Trinajstić information content (AvgIpc) is 2.77. The first kappa shape index (κ1) is 12.6. The lowest BCUT2D eigenvalue weighted by Crippen LogP contribution is -2.27. The summed E-state index contributed by atoms with van der Waals surface area (Å²) in [6, 6.07) is 2.84. The van der Waals surface area contributed by atoms with E-state index in [4.69, 9.17) is 0 Å². The fourth-order valence-corrected chi connectivity index (χ4v) is 4.79. The quantitative estimate of drug-likeness (QED) is 0.866. The van der Waals surface area contributed by atoms with Crippen molar-refractivity contribution in [3.8, 4) is 0 Å². The fraction of sp³-hybridized carbons (Fsp3) is 0.692. The highest BCUT2D eigenvalue weighted by atomic mass is 79.9. The number of thiophene rings is 1. The molecule has 1 aromatic rings. The number of halogens is 1. The first-order chi connectivity index (χ1) is 7.63. The summed E-state index contributed by atoms with van der Waals surface area (Å²) in [6.45, 7) is 4.63. The Kier molecular flexibility index (Phi) is 4.09. The van der Waals surface area contributed by atoms with Gasteiger partial charge in [0.15, 0.2) is 0 Å². The Bertz CT molecular complexity index is 361. The molecule has 1 aromatic heterocycles. The highest BCUT2D eigenvalue weighted by Gasteiger charge is 2.32. The Balaban J connectivity index is 2.25. The molecule has 3 atom stereocenters. The number of rotatable bonds is 3. The second-order valence-corrected chi connectivity index (χ2v) is 7.54. The van der Waals surface area contributed by atoms with E-state index in [1.807, 2.05) is 11.3 Å². The minimum atomic E-state index is 0.542.